The van der Waals surface area contributed by atoms with E-state index in [2.05, 4.69) is 35.6 Å². The number of rotatable bonds is 10. The van der Waals surface area contributed by atoms with Gasteiger partial charge in [0.1, 0.15) is 0 Å². The van der Waals surface area contributed by atoms with Crippen LogP contribution in [-0.2, 0) is 9.53 Å². The van der Waals surface area contributed by atoms with Crippen LogP contribution in [0.25, 0.3) is 5.57 Å². The SMILES string of the molecule is C=C(CCCCCCCCC(=O)OC)c1ccccc1. The second kappa shape index (κ2) is 10.2. The molecule has 20 heavy (non-hydrogen) atoms. The predicted octanol–water partition coefficient (Wildman–Crippen LogP) is 4.99. The van der Waals surface area contributed by atoms with Gasteiger partial charge in [0.25, 0.3) is 0 Å². The van der Waals surface area contributed by atoms with Gasteiger partial charge in [0, 0.05) is 6.42 Å². The number of allylic oxidation sites excluding steroid dienone is 1. The van der Waals surface area contributed by atoms with Crippen LogP contribution in [0.4, 0.5) is 0 Å². The minimum atomic E-state index is -0.0934. The van der Waals surface area contributed by atoms with E-state index >= 15 is 0 Å². The van der Waals surface area contributed by atoms with Gasteiger partial charge in [-0.2, -0.15) is 0 Å². The summed E-state index contributed by atoms with van der Waals surface area (Å²) in [5, 5.41) is 0. The molecular weight excluding hydrogens is 248 g/mol. The van der Waals surface area contributed by atoms with Crippen LogP contribution in [-0.4, -0.2) is 13.1 Å². The number of unbranched alkanes of at least 4 members (excludes halogenated alkanes) is 5. The highest BCUT2D eigenvalue weighted by atomic mass is 16.5. The summed E-state index contributed by atoms with van der Waals surface area (Å²) in [7, 11) is 1.45. The molecule has 1 aromatic rings. The van der Waals surface area contributed by atoms with Crippen molar-refractivity contribution in [3.8, 4) is 0 Å². The highest BCUT2D eigenvalue weighted by molar-refractivity contribution is 5.68. The zero-order valence-corrected chi connectivity index (χ0v) is 12.6. The smallest absolute Gasteiger partial charge is 0.305 e. The van der Waals surface area contributed by atoms with Crippen molar-refractivity contribution in [1.82, 2.24) is 0 Å². The van der Waals surface area contributed by atoms with Gasteiger partial charge in [0.2, 0.25) is 0 Å². The van der Waals surface area contributed by atoms with Crippen LogP contribution in [0.1, 0.15) is 56.9 Å². The van der Waals surface area contributed by atoms with Crippen molar-refractivity contribution in [3.63, 3.8) is 0 Å². The third kappa shape index (κ3) is 7.13. The Morgan fingerprint density at radius 1 is 0.950 bits per heavy atom. The van der Waals surface area contributed by atoms with Crippen molar-refractivity contribution in [1.29, 1.82) is 0 Å². The van der Waals surface area contributed by atoms with E-state index < -0.39 is 0 Å². The highest BCUT2D eigenvalue weighted by Crippen LogP contribution is 2.19. The molecule has 1 rings (SSSR count). The molecule has 0 unspecified atom stereocenters. The van der Waals surface area contributed by atoms with E-state index in [0.29, 0.717) is 6.42 Å². The van der Waals surface area contributed by atoms with E-state index in [-0.39, 0.29) is 5.97 Å². The molecule has 0 aliphatic rings. The Labute approximate surface area is 122 Å². The van der Waals surface area contributed by atoms with Crippen molar-refractivity contribution >= 4 is 11.5 Å². The molecule has 2 heteroatoms. The van der Waals surface area contributed by atoms with Crippen LogP contribution in [0.3, 0.4) is 0 Å². The van der Waals surface area contributed by atoms with E-state index in [1.165, 1.54) is 43.9 Å². The summed E-state index contributed by atoms with van der Waals surface area (Å²) >= 11 is 0. The first-order valence-corrected chi connectivity index (χ1v) is 7.54. The van der Waals surface area contributed by atoms with Crippen molar-refractivity contribution < 1.29 is 9.53 Å². The fourth-order valence-electron chi connectivity index (χ4n) is 2.24. The average molecular weight is 274 g/mol. The molecule has 0 saturated heterocycles. The standard InChI is InChI=1S/C18H26O2/c1-16(17-13-9-7-10-14-17)12-8-5-3-4-6-11-15-18(19)20-2/h7,9-10,13-14H,1,3-6,8,11-12,15H2,2H3. The maximum Gasteiger partial charge on any atom is 0.305 e. The first-order valence-electron chi connectivity index (χ1n) is 7.54. The lowest BCUT2D eigenvalue weighted by molar-refractivity contribution is -0.140. The molecule has 0 aromatic heterocycles. The molecule has 0 atom stereocenters. The molecule has 110 valence electrons. The van der Waals surface area contributed by atoms with Crippen molar-refractivity contribution in [2.75, 3.05) is 7.11 Å². The quantitative estimate of drug-likeness (QED) is 0.443. The molecule has 0 aliphatic carbocycles. The molecule has 1 aromatic carbocycles. The topological polar surface area (TPSA) is 26.3 Å². The Kier molecular flexibility index (Phi) is 8.44. The largest absolute Gasteiger partial charge is 0.469 e. The number of benzene rings is 1. The summed E-state index contributed by atoms with van der Waals surface area (Å²) in [6.45, 7) is 4.15. The highest BCUT2D eigenvalue weighted by Gasteiger charge is 2.00. The van der Waals surface area contributed by atoms with E-state index in [4.69, 9.17) is 0 Å². The number of hydrogen-bond acceptors (Lipinski definition) is 2. The third-order valence-electron chi connectivity index (χ3n) is 3.52. The van der Waals surface area contributed by atoms with Crippen molar-refractivity contribution in [2.45, 2.75) is 51.4 Å². The molecule has 0 N–H and O–H groups in total. The summed E-state index contributed by atoms with van der Waals surface area (Å²) in [6.07, 6.45) is 8.58. The first-order chi connectivity index (χ1) is 9.74. The molecular formula is C18H26O2. The molecule has 0 bridgehead atoms. The normalized spacial score (nSPS) is 10.2. The average Bonchev–Trinajstić information content (AvgIpc) is 2.50. The summed E-state index contributed by atoms with van der Waals surface area (Å²) in [5.41, 5.74) is 2.49. The summed E-state index contributed by atoms with van der Waals surface area (Å²) in [5.74, 6) is -0.0934. The van der Waals surface area contributed by atoms with Gasteiger partial charge >= 0.3 is 5.97 Å². The molecule has 0 spiro atoms. The van der Waals surface area contributed by atoms with Crippen molar-refractivity contribution in [2.24, 2.45) is 0 Å². The molecule has 2 nitrogen and oxygen atoms in total. The first kappa shape index (κ1) is 16.5. The Morgan fingerprint density at radius 3 is 2.10 bits per heavy atom. The lowest BCUT2D eigenvalue weighted by atomic mass is 10.0. The minimum absolute atomic E-state index is 0.0934. The van der Waals surface area contributed by atoms with Gasteiger partial charge < -0.3 is 4.74 Å². The van der Waals surface area contributed by atoms with Crippen molar-refractivity contribution in [3.05, 3.63) is 42.5 Å². The lowest BCUT2D eigenvalue weighted by Gasteiger charge is -2.06. The van der Waals surface area contributed by atoms with Crippen LogP contribution in [0, 0.1) is 0 Å². The van der Waals surface area contributed by atoms with Crippen LogP contribution in [0.15, 0.2) is 36.9 Å². The van der Waals surface area contributed by atoms with E-state index in [1.807, 2.05) is 6.07 Å². The zero-order chi connectivity index (χ0) is 14.6. The second-order valence-corrected chi connectivity index (χ2v) is 5.17. The fraction of sp³-hybridized carbons (Fsp3) is 0.500. The summed E-state index contributed by atoms with van der Waals surface area (Å²) < 4.78 is 4.62. The zero-order valence-electron chi connectivity index (χ0n) is 12.6. The monoisotopic (exact) mass is 274 g/mol. The summed E-state index contributed by atoms with van der Waals surface area (Å²) in [4.78, 5) is 10.9. The third-order valence-corrected chi connectivity index (χ3v) is 3.52. The number of carbonyl (C=O) groups is 1. The number of methoxy groups -OCH3 is 1. The minimum Gasteiger partial charge on any atom is -0.469 e. The number of esters is 1. The van der Waals surface area contributed by atoms with Gasteiger partial charge in [-0.15, -0.1) is 0 Å². The number of carbonyl (C=O) groups excluding carboxylic acids is 1. The van der Waals surface area contributed by atoms with E-state index in [1.54, 1.807) is 0 Å². The van der Waals surface area contributed by atoms with Crippen LogP contribution < -0.4 is 0 Å². The maximum absolute atomic E-state index is 10.9. The molecule has 0 amide bonds. The van der Waals surface area contributed by atoms with Gasteiger partial charge in [0.15, 0.2) is 0 Å². The summed E-state index contributed by atoms with van der Waals surface area (Å²) in [6, 6.07) is 10.4. The number of ether oxygens (including phenoxy) is 1. The predicted molar refractivity (Wildman–Crippen MR) is 84.4 cm³/mol. The Hall–Kier alpha value is -1.57. The van der Waals surface area contributed by atoms with E-state index in [9.17, 15) is 4.79 Å². The maximum atomic E-state index is 10.9. The van der Waals surface area contributed by atoms with Crippen LogP contribution >= 0.6 is 0 Å². The molecule has 0 radical (unpaired) electrons. The molecule has 0 saturated carbocycles. The van der Waals surface area contributed by atoms with Gasteiger partial charge in [-0.05, 0) is 30.4 Å². The number of hydrogen-bond donors (Lipinski definition) is 0. The van der Waals surface area contributed by atoms with E-state index in [0.717, 1.165) is 19.3 Å². The van der Waals surface area contributed by atoms with Gasteiger partial charge in [-0.3, -0.25) is 4.79 Å². The molecule has 0 heterocycles. The molecule has 0 fully saturated rings. The fourth-order valence-corrected chi connectivity index (χ4v) is 2.24. The Morgan fingerprint density at radius 2 is 1.50 bits per heavy atom. The second-order valence-electron chi connectivity index (χ2n) is 5.17. The van der Waals surface area contributed by atoms with Crippen LogP contribution in [0.5, 0.6) is 0 Å². The molecule has 0 aliphatic heterocycles. The van der Waals surface area contributed by atoms with Gasteiger partial charge in [-0.25, -0.2) is 0 Å². The lowest BCUT2D eigenvalue weighted by Crippen LogP contribution is -1.99. The van der Waals surface area contributed by atoms with Gasteiger partial charge in [0.05, 0.1) is 7.11 Å². The van der Waals surface area contributed by atoms with Gasteiger partial charge in [-0.1, -0.05) is 62.6 Å². The Bertz CT molecular complexity index is 395. The Balaban J connectivity index is 1.97. The van der Waals surface area contributed by atoms with Crippen LogP contribution in [0.2, 0.25) is 0 Å².